The van der Waals surface area contributed by atoms with Crippen molar-refractivity contribution in [3.63, 3.8) is 0 Å². The highest BCUT2D eigenvalue weighted by Crippen LogP contribution is 2.55. The molecule has 19 heavy (non-hydrogen) atoms. The molecule has 1 aromatic rings. The van der Waals surface area contributed by atoms with Crippen LogP contribution in [0.4, 0.5) is 0 Å². The van der Waals surface area contributed by atoms with Gasteiger partial charge in [-0.1, -0.05) is 52.9 Å². The summed E-state index contributed by atoms with van der Waals surface area (Å²) in [6, 6.07) is 10.7. The summed E-state index contributed by atoms with van der Waals surface area (Å²) in [5.74, 6) is 0.295. The van der Waals surface area contributed by atoms with Crippen LogP contribution in [0.25, 0.3) is 0 Å². The van der Waals surface area contributed by atoms with Crippen molar-refractivity contribution < 1.29 is 4.79 Å². The first-order valence-corrected chi connectivity index (χ1v) is 8.18. The lowest BCUT2D eigenvalue weighted by Crippen LogP contribution is -2.48. The van der Waals surface area contributed by atoms with Crippen molar-refractivity contribution in [3.8, 4) is 0 Å². The molecule has 1 amide bonds. The molecule has 3 heteroatoms. The van der Waals surface area contributed by atoms with Crippen molar-refractivity contribution >= 4 is 28.5 Å². The first-order chi connectivity index (χ1) is 8.91. The Bertz CT molecular complexity index is 449. The fraction of sp³-hybridized carbons (Fsp3) is 0.562. The van der Waals surface area contributed by atoms with Crippen molar-refractivity contribution in [1.82, 2.24) is 4.90 Å². The third kappa shape index (κ3) is 2.54. The number of hydrogen-bond donors (Lipinski definition) is 0. The van der Waals surface area contributed by atoms with Crippen LogP contribution >= 0.6 is 22.6 Å². The second-order valence-electron chi connectivity index (χ2n) is 5.91. The van der Waals surface area contributed by atoms with E-state index in [0.717, 1.165) is 6.42 Å². The fourth-order valence-electron chi connectivity index (χ4n) is 2.90. The van der Waals surface area contributed by atoms with Gasteiger partial charge in [-0.15, -0.1) is 0 Å². The van der Waals surface area contributed by atoms with Crippen molar-refractivity contribution in [1.29, 1.82) is 0 Å². The molecule has 2 atom stereocenters. The monoisotopic (exact) mass is 371 g/mol. The molecule has 1 aromatic carbocycles. The molecule has 0 saturated heterocycles. The lowest BCUT2D eigenvalue weighted by molar-refractivity contribution is -0.137. The molecule has 104 valence electrons. The van der Waals surface area contributed by atoms with E-state index < -0.39 is 0 Å². The average Bonchev–Trinajstić information content (AvgIpc) is 3.02. The molecule has 0 radical (unpaired) electrons. The molecule has 1 fully saturated rings. The Morgan fingerprint density at radius 3 is 2.05 bits per heavy atom. The third-order valence-corrected chi connectivity index (χ3v) is 5.40. The summed E-state index contributed by atoms with van der Waals surface area (Å²) in [5, 5.41) is 0. The summed E-state index contributed by atoms with van der Waals surface area (Å²) in [6.07, 6.45) is 0.965. The highest BCUT2D eigenvalue weighted by Gasteiger charge is 2.61. The lowest BCUT2D eigenvalue weighted by Gasteiger charge is -2.34. The van der Waals surface area contributed by atoms with Gasteiger partial charge in [0.15, 0.2) is 0 Å². The first kappa shape index (κ1) is 14.8. The molecule has 1 aliphatic carbocycles. The van der Waals surface area contributed by atoms with Crippen LogP contribution < -0.4 is 0 Å². The van der Waals surface area contributed by atoms with E-state index in [4.69, 9.17) is 0 Å². The van der Waals surface area contributed by atoms with Crippen LogP contribution in [0.3, 0.4) is 0 Å². The first-order valence-electron chi connectivity index (χ1n) is 6.93. The van der Waals surface area contributed by atoms with E-state index in [1.54, 1.807) is 0 Å². The number of carbonyl (C=O) groups excluding carboxylic acids is 1. The summed E-state index contributed by atoms with van der Waals surface area (Å²) >= 11 is 2.42. The maximum Gasteiger partial charge on any atom is 0.234 e. The molecule has 0 aliphatic heterocycles. The van der Waals surface area contributed by atoms with Crippen molar-refractivity contribution in [3.05, 3.63) is 35.9 Å². The third-order valence-electron chi connectivity index (χ3n) is 3.89. The maximum atomic E-state index is 13.0. The molecule has 2 nitrogen and oxygen atoms in total. The van der Waals surface area contributed by atoms with Gasteiger partial charge in [0.2, 0.25) is 5.91 Å². The second kappa shape index (κ2) is 5.43. The van der Waals surface area contributed by atoms with Crippen LogP contribution in [0, 0.1) is 0 Å². The Labute approximate surface area is 129 Å². The highest BCUT2D eigenvalue weighted by molar-refractivity contribution is 14.1. The van der Waals surface area contributed by atoms with E-state index >= 15 is 0 Å². The van der Waals surface area contributed by atoms with Gasteiger partial charge in [0.25, 0.3) is 0 Å². The molecule has 1 aliphatic rings. The predicted octanol–water partition coefficient (Wildman–Crippen LogP) is 3.78. The van der Waals surface area contributed by atoms with Gasteiger partial charge in [0.05, 0.1) is 5.41 Å². The standard InChI is InChI=1S/C16H22INO/c1-11(2)18(12(3)4)15(19)16(10-14(16)17)13-8-6-5-7-9-13/h5-9,11-12,14H,10H2,1-4H3/t14-,16-/m0/s1. The summed E-state index contributed by atoms with van der Waals surface area (Å²) < 4.78 is 0.417. The molecule has 0 N–H and O–H groups in total. The van der Waals surface area contributed by atoms with Crippen LogP contribution in [0.2, 0.25) is 0 Å². The van der Waals surface area contributed by atoms with E-state index in [9.17, 15) is 4.79 Å². The molecule has 1 saturated carbocycles. The molecule has 2 rings (SSSR count). The number of rotatable bonds is 4. The topological polar surface area (TPSA) is 20.3 Å². The number of nitrogens with zero attached hydrogens (tertiary/aromatic N) is 1. The van der Waals surface area contributed by atoms with Crippen molar-refractivity contribution in [2.45, 2.75) is 55.5 Å². The van der Waals surface area contributed by atoms with Gasteiger partial charge >= 0.3 is 0 Å². The van der Waals surface area contributed by atoms with Gasteiger partial charge in [-0.2, -0.15) is 0 Å². The number of halogens is 1. The zero-order chi connectivity index (χ0) is 14.2. The summed E-state index contributed by atoms with van der Waals surface area (Å²) in [5.41, 5.74) is 0.891. The van der Waals surface area contributed by atoms with Crippen LogP contribution in [0.5, 0.6) is 0 Å². The molecular weight excluding hydrogens is 349 g/mol. The van der Waals surface area contributed by atoms with Crippen molar-refractivity contribution in [2.24, 2.45) is 0 Å². The number of amides is 1. The van der Waals surface area contributed by atoms with E-state index in [1.165, 1.54) is 5.56 Å². The SMILES string of the molecule is CC(C)N(C(=O)[C@]1(c2ccccc2)C[C@@H]1I)C(C)C. The van der Waals surface area contributed by atoms with Gasteiger partial charge < -0.3 is 4.90 Å². The zero-order valence-electron chi connectivity index (χ0n) is 12.1. The Morgan fingerprint density at radius 1 is 1.21 bits per heavy atom. The van der Waals surface area contributed by atoms with Gasteiger partial charge in [0, 0.05) is 16.0 Å². The molecule has 0 aromatic heterocycles. The van der Waals surface area contributed by atoms with Crippen LogP contribution in [-0.4, -0.2) is 26.8 Å². The zero-order valence-corrected chi connectivity index (χ0v) is 14.2. The average molecular weight is 371 g/mol. The van der Waals surface area contributed by atoms with E-state index in [0.29, 0.717) is 9.83 Å². The predicted molar refractivity (Wildman–Crippen MR) is 87.7 cm³/mol. The number of alkyl halides is 1. The minimum Gasteiger partial charge on any atom is -0.337 e. The normalized spacial score (nSPS) is 25.7. The molecular formula is C16H22INO. The van der Waals surface area contributed by atoms with Crippen LogP contribution in [-0.2, 0) is 10.2 Å². The van der Waals surface area contributed by atoms with E-state index in [1.807, 2.05) is 23.1 Å². The summed E-state index contributed by atoms with van der Waals surface area (Å²) in [6.45, 7) is 8.39. The van der Waals surface area contributed by atoms with E-state index in [2.05, 4.69) is 62.4 Å². The van der Waals surface area contributed by atoms with Crippen molar-refractivity contribution in [2.75, 3.05) is 0 Å². The smallest absolute Gasteiger partial charge is 0.234 e. The second-order valence-corrected chi connectivity index (χ2v) is 7.41. The fourth-order valence-corrected chi connectivity index (χ4v) is 4.22. The Kier molecular flexibility index (Phi) is 4.23. The molecule has 0 spiro atoms. The van der Waals surface area contributed by atoms with Gasteiger partial charge in [-0.25, -0.2) is 0 Å². The number of benzene rings is 1. The Hall–Kier alpha value is -0.580. The highest BCUT2D eigenvalue weighted by atomic mass is 127. The van der Waals surface area contributed by atoms with Gasteiger partial charge in [-0.3, -0.25) is 4.79 Å². The van der Waals surface area contributed by atoms with E-state index in [-0.39, 0.29) is 17.5 Å². The minimum atomic E-state index is -0.281. The number of hydrogen-bond acceptors (Lipinski definition) is 1. The van der Waals surface area contributed by atoms with Gasteiger partial charge in [0.1, 0.15) is 0 Å². The Morgan fingerprint density at radius 2 is 1.68 bits per heavy atom. The minimum absolute atomic E-state index is 0.247. The Balaban J connectivity index is 2.35. The largest absolute Gasteiger partial charge is 0.337 e. The summed E-state index contributed by atoms with van der Waals surface area (Å²) in [4.78, 5) is 15.1. The molecule has 0 heterocycles. The molecule has 0 unspecified atom stereocenters. The van der Waals surface area contributed by atoms with Crippen LogP contribution in [0.15, 0.2) is 30.3 Å². The number of carbonyl (C=O) groups is 1. The maximum absolute atomic E-state index is 13.0. The van der Waals surface area contributed by atoms with Gasteiger partial charge in [-0.05, 0) is 39.7 Å². The lowest BCUT2D eigenvalue weighted by atomic mass is 9.93. The quantitative estimate of drug-likeness (QED) is 0.583. The summed E-state index contributed by atoms with van der Waals surface area (Å²) in [7, 11) is 0. The van der Waals surface area contributed by atoms with Crippen LogP contribution in [0.1, 0.15) is 39.7 Å². The molecule has 0 bridgehead atoms.